The second-order valence-corrected chi connectivity index (χ2v) is 13.4. The molecule has 0 aromatic heterocycles. The zero-order chi connectivity index (χ0) is 27.3. The molecule has 9 nitrogen and oxygen atoms in total. The number of halogens is 1. The van der Waals surface area contributed by atoms with Crippen LogP contribution in [0.15, 0.2) is 23.2 Å². The van der Waals surface area contributed by atoms with Gasteiger partial charge in [-0.3, -0.25) is 4.99 Å². The Kier molecular flexibility index (Phi) is 7.08. The lowest BCUT2D eigenvalue weighted by Crippen LogP contribution is -2.62. The third-order valence-electron chi connectivity index (χ3n) is 5.61. The van der Waals surface area contributed by atoms with Crippen LogP contribution >= 0.6 is 11.8 Å². The van der Waals surface area contributed by atoms with Gasteiger partial charge in [0.15, 0.2) is 5.54 Å². The average molecular weight is 526 g/mol. The van der Waals surface area contributed by atoms with E-state index in [1.54, 1.807) is 67.5 Å². The van der Waals surface area contributed by atoms with E-state index in [9.17, 15) is 14.7 Å². The Morgan fingerprint density at radius 3 is 2.22 bits per heavy atom. The van der Waals surface area contributed by atoms with Gasteiger partial charge in [-0.15, -0.1) is 11.8 Å². The highest BCUT2D eigenvalue weighted by atomic mass is 32.2. The summed E-state index contributed by atoms with van der Waals surface area (Å²) in [6.07, 6.45) is -2.02. The van der Waals surface area contributed by atoms with Crippen molar-refractivity contribution in [3.63, 3.8) is 0 Å². The fraction of sp³-hybridized carbons (Fsp3) is 0.640. The van der Waals surface area contributed by atoms with Gasteiger partial charge in [0.2, 0.25) is 0 Å². The summed E-state index contributed by atoms with van der Waals surface area (Å²) < 4.78 is 31.0. The number of aliphatic hydroxyl groups is 1. The normalized spacial score (nSPS) is 25.3. The Bertz CT molecular complexity index is 1050. The number of amidine groups is 1. The van der Waals surface area contributed by atoms with Gasteiger partial charge >= 0.3 is 12.2 Å². The number of carbonyl (C=O) groups excluding carboxylic acids is 2. The number of nitrogens with two attached hydrogens (primary N) is 1. The summed E-state index contributed by atoms with van der Waals surface area (Å²) >= 11 is 0.995. The largest absolute Gasteiger partial charge is 0.493 e. The molecule has 2 aliphatic heterocycles. The molecule has 0 bridgehead atoms. The number of nitrogens with zero attached hydrogens (tertiary/aromatic N) is 2. The van der Waals surface area contributed by atoms with Gasteiger partial charge in [-0.25, -0.2) is 14.0 Å². The maximum absolute atomic E-state index is 15.2. The number of imide groups is 1. The molecule has 3 rings (SSSR count). The van der Waals surface area contributed by atoms with E-state index in [0.717, 1.165) is 11.8 Å². The molecule has 0 saturated heterocycles. The number of benzene rings is 1. The number of alkyl halides is 1. The zero-order valence-electron chi connectivity index (χ0n) is 22.1. The standard InChI is InChI=1S/C25H36FN3O6S/c1-21(2,3)34-19(30)29(20(31)35-22(4,5)6)18-23(7,8)36-25(32)11-12-33-17-10-9-15(27)13-16(17)24(25,14-26)28-18/h9-10,13,32H,11-12,14,27H2,1-8H3/t24-,25+/m1/s1. The number of ether oxygens (including phenoxy) is 3. The summed E-state index contributed by atoms with van der Waals surface area (Å²) in [4.78, 5) is 30.4. The van der Waals surface area contributed by atoms with E-state index in [1.807, 2.05) is 0 Å². The number of fused-ring (bicyclic) bond motifs is 3. The number of aliphatic imine (C=N–C) groups is 1. The smallest absolute Gasteiger partial charge is 0.425 e. The number of anilines is 1. The first-order valence-electron chi connectivity index (χ1n) is 11.7. The number of hydrogen-bond donors (Lipinski definition) is 2. The van der Waals surface area contributed by atoms with Crippen LogP contribution in [0.1, 0.15) is 67.4 Å². The van der Waals surface area contributed by atoms with Gasteiger partial charge < -0.3 is 25.1 Å². The van der Waals surface area contributed by atoms with Crippen LogP contribution in [0.5, 0.6) is 5.75 Å². The summed E-state index contributed by atoms with van der Waals surface area (Å²) in [5.74, 6) is 0.191. The van der Waals surface area contributed by atoms with E-state index in [4.69, 9.17) is 19.9 Å². The first-order chi connectivity index (χ1) is 16.3. The Morgan fingerprint density at radius 2 is 1.72 bits per heavy atom. The predicted molar refractivity (Wildman–Crippen MR) is 137 cm³/mol. The van der Waals surface area contributed by atoms with Crippen molar-refractivity contribution in [3.05, 3.63) is 23.8 Å². The molecule has 2 heterocycles. The number of hydrogen-bond acceptors (Lipinski definition) is 9. The molecule has 3 N–H and O–H groups in total. The molecule has 2 atom stereocenters. The lowest BCUT2D eigenvalue weighted by Gasteiger charge is -2.51. The Balaban J connectivity index is 2.31. The molecule has 0 fully saturated rings. The van der Waals surface area contributed by atoms with Gasteiger partial charge in [0.25, 0.3) is 0 Å². The monoisotopic (exact) mass is 525 g/mol. The second kappa shape index (κ2) is 9.09. The maximum atomic E-state index is 15.2. The third kappa shape index (κ3) is 5.27. The quantitative estimate of drug-likeness (QED) is 0.491. The number of nitrogen functional groups attached to an aromatic ring is 1. The maximum Gasteiger partial charge on any atom is 0.425 e. The van der Waals surface area contributed by atoms with Gasteiger partial charge in [0.1, 0.15) is 34.4 Å². The first-order valence-corrected chi connectivity index (χ1v) is 12.5. The molecule has 2 amide bonds. The second-order valence-electron chi connectivity index (χ2n) is 11.5. The number of thioether (sulfide) groups is 1. The molecule has 1 aromatic carbocycles. The van der Waals surface area contributed by atoms with Crippen molar-refractivity contribution < 1.29 is 33.3 Å². The third-order valence-corrected chi connectivity index (χ3v) is 7.18. The van der Waals surface area contributed by atoms with E-state index in [0.29, 0.717) is 16.3 Å². The fourth-order valence-electron chi connectivity index (χ4n) is 4.17. The molecular weight excluding hydrogens is 489 g/mol. The van der Waals surface area contributed by atoms with E-state index < -0.39 is 45.3 Å². The van der Waals surface area contributed by atoms with Crippen molar-refractivity contribution >= 4 is 35.5 Å². The van der Waals surface area contributed by atoms with Crippen LogP contribution in [-0.4, -0.2) is 62.2 Å². The first kappa shape index (κ1) is 28.0. The van der Waals surface area contributed by atoms with Crippen molar-refractivity contribution in [1.82, 2.24) is 4.90 Å². The molecule has 0 spiro atoms. The number of rotatable bonds is 1. The molecule has 0 aliphatic carbocycles. The molecule has 0 saturated carbocycles. The van der Waals surface area contributed by atoms with E-state index in [-0.39, 0.29) is 24.4 Å². The zero-order valence-corrected chi connectivity index (χ0v) is 22.9. The molecule has 0 radical (unpaired) electrons. The highest BCUT2D eigenvalue weighted by Crippen LogP contribution is 2.58. The molecule has 11 heteroatoms. The van der Waals surface area contributed by atoms with Gasteiger partial charge in [0, 0.05) is 17.7 Å². The van der Waals surface area contributed by atoms with Crippen LogP contribution in [0.25, 0.3) is 0 Å². The van der Waals surface area contributed by atoms with Crippen molar-refractivity contribution in [2.45, 2.75) is 88.2 Å². The molecule has 36 heavy (non-hydrogen) atoms. The highest BCUT2D eigenvalue weighted by Gasteiger charge is 2.63. The van der Waals surface area contributed by atoms with E-state index >= 15 is 4.39 Å². The minimum Gasteiger partial charge on any atom is -0.493 e. The van der Waals surface area contributed by atoms with Gasteiger partial charge in [-0.1, -0.05) is 0 Å². The van der Waals surface area contributed by atoms with Crippen molar-refractivity contribution in [2.24, 2.45) is 4.99 Å². The van der Waals surface area contributed by atoms with Gasteiger partial charge in [-0.2, -0.15) is 4.90 Å². The number of carbonyl (C=O) groups is 2. The van der Waals surface area contributed by atoms with Crippen LogP contribution in [0.4, 0.5) is 19.7 Å². The van der Waals surface area contributed by atoms with Crippen molar-refractivity contribution in [1.29, 1.82) is 0 Å². The molecule has 1 aromatic rings. The average Bonchev–Trinajstić information content (AvgIpc) is 2.79. The summed E-state index contributed by atoms with van der Waals surface area (Å²) in [7, 11) is 0. The summed E-state index contributed by atoms with van der Waals surface area (Å²) in [5, 5.41) is 11.9. The SMILES string of the molecule is CC(C)(C)OC(=O)N(C(=O)OC(C)(C)C)C1=N[C@]2(CF)c3cc(N)ccc3OCC[C@]2(O)SC1(C)C. The topological polar surface area (TPSA) is 124 Å². The van der Waals surface area contributed by atoms with E-state index in [1.165, 1.54) is 6.07 Å². The predicted octanol–water partition coefficient (Wildman–Crippen LogP) is 5.00. The Labute approximate surface area is 215 Å². The molecule has 2 aliphatic rings. The summed E-state index contributed by atoms with van der Waals surface area (Å²) in [6.45, 7) is 12.3. The van der Waals surface area contributed by atoms with Crippen LogP contribution < -0.4 is 10.5 Å². The van der Waals surface area contributed by atoms with Crippen LogP contribution in [-0.2, 0) is 15.0 Å². The van der Waals surface area contributed by atoms with Crippen LogP contribution in [0.3, 0.4) is 0 Å². The minimum absolute atomic E-state index is 0.0370. The van der Waals surface area contributed by atoms with E-state index in [2.05, 4.69) is 4.99 Å². The molecule has 200 valence electrons. The van der Waals surface area contributed by atoms with Crippen LogP contribution in [0.2, 0.25) is 0 Å². The molecular formula is C25H36FN3O6S. The van der Waals surface area contributed by atoms with Gasteiger partial charge in [0.05, 0.1) is 11.4 Å². The highest BCUT2D eigenvalue weighted by molar-refractivity contribution is 8.02. The summed E-state index contributed by atoms with van der Waals surface area (Å²) in [5.41, 5.74) is 2.74. The summed E-state index contributed by atoms with van der Waals surface area (Å²) in [6, 6.07) is 4.69. The van der Waals surface area contributed by atoms with Crippen molar-refractivity contribution in [3.8, 4) is 5.75 Å². The lowest BCUT2D eigenvalue weighted by molar-refractivity contribution is 0.00852. The molecule has 0 unspecified atom stereocenters. The Morgan fingerprint density at radius 1 is 1.17 bits per heavy atom. The van der Waals surface area contributed by atoms with Gasteiger partial charge in [-0.05, 0) is 73.6 Å². The minimum atomic E-state index is -1.92. The lowest BCUT2D eigenvalue weighted by atomic mass is 9.83. The fourth-order valence-corrected chi connectivity index (χ4v) is 5.80. The van der Waals surface area contributed by atoms with Crippen molar-refractivity contribution in [2.75, 3.05) is 19.0 Å². The van der Waals surface area contributed by atoms with Crippen LogP contribution in [0, 0.1) is 0 Å². The Hall–Kier alpha value is -2.53. The number of amides is 2.